The van der Waals surface area contributed by atoms with Gasteiger partial charge in [-0.1, -0.05) is 17.2 Å². The van der Waals surface area contributed by atoms with Crippen molar-refractivity contribution in [3.05, 3.63) is 35.9 Å². The highest BCUT2D eigenvalue weighted by atomic mass is 32.2. The molecule has 0 saturated heterocycles. The molecule has 0 aliphatic carbocycles. The van der Waals surface area contributed by atoms with Crippen LogP contribution in [0.5, 0.6) is 0 Å². The van der Waals surface area contributed by atoms with Gasteiger partial charge in [-0.25, -0.2) is 5.26 Å². The number of aryl methyl sites for hydroxylation is 1. The predicted molar refractivity (Wildman–Crippen MR) is 65.6 cm³/mol. The van der Waals surface area contributed by atoms with Crippen LogP contribution in [0.3, 0.4) is 0 Å². The van der Waals surface area contributed by atoms with Crippen molar-refractivity contribution in [2.45, 2.75) is 23.1 Å². The highest BCUT2D eigenvalue weighted by Crippen LogP contribution is 2.29. The normalized spacial score (nSPS) is 11.5. The van der Waals surface area contributed by atoms with E-state index in [-0.39, 0.29) is 4.90 Å². The van der Waals surface area contributed by atoms with Crippen LogP contribution in [0.4, 0.5) is 0 Å². The van der Waals surface area contributed by atoms with E-state index in [9.17, 15) is 8.42 Å². The molecule has 0 spiro atoms. The smallest absolute Gasteiger partial charge is 0.282 e. The fourth-order valence-electron chi connectivity index (χ4n) is 1.43. The maximum atomic E-state index is 11.3. The van der Waals surface area contributed by atoms with Crippen molar-refractivity contribution in [1.82, 2.24) is 0 Å². The molecule has 0 amide bonds. The molecule has 8 heteroatoms. The number of allylic oxidation sites excluding steroid dienone is 1. The van der Waals surface area contributed by atoms with Crippen molar-refractivity contribution < 1.29 is 27.6 Å². The molecule has 18 heavy (non-hydrogen) atoms. The largest absolute Gasteiger partial charge is 0.294 e. The summed E-state index contributed by atoms with van der Waals surface area (Å²) in [6.07, 6.45) is 1.84. The summed E-state index contributed by atoms with van der Waals surface area (Å²) in [5, 5.41) is 11.5. The van der Waals surface area contributed by atoms with Gasteiger partial charge in [0.15, 0.2) is 0 Å². The number of hydrogen-bond acceptors (Lipinski definition) is 6. The van der Waals surface area contributed by atoms with Gasteiger partial charge in [-0.2, -0.15) is 8.42 Å². The molecular weight excluding hydrogens is 280 g/mol. The highest BCUT2D eigenvalue weighted by molar-refractivity contribution is 7.94. The SMILES string of the molecule is C=CCc1cc(C)c(SOOO)cc1S(=O)(=O)O. The molecule has 0 fully saturated rings. The van der Waals surface area contributed by atoms with E-state index >= 15 is 0 Å². The Labute approximate surface area is 109 Å². The summed E-state index contributed by atoms with van der Waals surface area (Å²) in [7, 11) is -4.34. The Kier molecular flexibility index (Phi) is 5.32. The standard InChI is InChI=1S/C10H12O6S2/c1-3-4-8-5-7(2)9(17-16-15-11)6-10(8)18(12,13)14/h3,5-6,11H,1,4H2,2H3,(H,12,13,14). The Morgan fingerprint density at radius 3 is 2.67 bits per heavy atom. The fourth-order valence-corrected chi connectivity index (χ4v) is 2.70. The van der Waals surface area contributed by atoms with E-state index in [2.05, 4.69) is 16.0 Å². The lowest BCUT2D eigenvalue weighted by Gasteiger charge is -2.10. The minimum atomic E-state index is -4.34. The molecule has 0 aliphatic heterocycles. The van der Waals surface area contributed by atoms with E-state index in [0.29, 0.717) is 34.5 Å². The Morgan fingerprint density at radius 2 is 2.17 bits per heavy atom. The summed E-state index contributed by atoms with van der Waals surface area (Å²) >= 11 is 0.630. The van der Waals surface area contributed by atoms with E-state index in [4.69, 9.17) is 9.81 Å². The van der Waals surface area contributed by atoms with Crippen LogP contribution in [0.25, 0.3) is 0 Å². The van der Waals surface area contributed by atoms with Crippen LogP contribution < -0.4 is 0 Å². The lowest BCUT2D eigenvalue weighted by atomic mass is 10.1. The molecule has 0 saturated carbocycles. The van der Waals surface area contributed by atoms with Gasteiger partial charge in [0, 0.05) is 4.90 Å². The summed E-state index contributed by atoms with van der Waals surface area (Å²) < 4.78 is 35.9. The zero-order chi connectivity index (χ0) is 13.8. The van der Waals surface area contributed by atoms with Crippen molar-refractivity contribution in [1.29, 1.82) is 0 Å². The molecule has 6 nitrogen and oxygen atoms in total. The monoisotopic (exact) mass is 292 g/mol. The van der Waals surface area contributed by atoms with Crippen LogP contribution in [-0.4, -0.2) is 18.2 Å². The number of hydrogen-bond donors (Lipinski definition) is 2. The second kappa shape index (κ2) is 6.32. The van der Waals surface area contributed by atoms with E-state index in [1.165, 1.54) is 12.1 Å². The Bertz CT molecular complexity index is 538. The first kappa shape index (κ1) is 15.2. The van der Waals surface area contributed by atoms with E-state index in [1.807, 2.05) is 0 Å². The van der Waals surface area contributed by atoms with Crippen molar-refractivity contribution in [2.75, 3.05) is 0 Å². The van der Waals surface area contributed by atoms with Crippen LogP contribution in [0.1, 0.15) is 11.1 Å². The summed E-state index contributed by atoms with van der Waals surface area (Å²) in [5.41, 5.74) is 1.14. The van der Waals surface area contributed by atoms with E-state index in [0.717, 1.165) is 0 Å². The maximum absolute atomic E-state index is 11.3. The van der Waals surface area contributed by atoms with Crippen LogP contribution in [0, 0.1) is 6.92 Å². The van der Waals surface area contributed by atoms with Crippen molar-refractivity contribution in [3.8, 4) is 0 Å². The summed E-state index contributed by atoms with van der Waals surface area (Å²) in [4.78, 5) is 0.168. The number of rotatable bonds is 6. The summed E-state index contributed by atoms with van der Waals surface area (Å²) in [6, 6.07) is 2.83. The van der Waals surface area contributed by atoms with Crippen molar-refractivity contribution in [3.63, 3.8) is 0 Å². The topological polar surface area (TPSA) is 93.1 Å². The molecular formula is C10H12O6S2. The molecule has 0 aromatic heterocycles. The minimum Gasteiger partial charge on any atom is -0.282 e. The quantitative estimate of drug-likeness (QED) is 0.273. The molecule has 0 radical (unpaired) electrons. The molecule has 2 N–H and O–H groups in total. The number of benzene rings is 1. The van der Waals surface area contributed by atoms with E-state index in [1.54, 1.807) is 13.0 Å². The third kappa shape index (κ3) is 3.80. The summed E-state index contributed by atoms with van der Waals surface area (Å²) in [5.74, 6) is 0. The lowest BCUT2D eigenvalue weighted by Crippen LogP contribution is -2.04. The average Bonchev–Trinajstić information content (AvgIpc) is 2.26. The van der Waals surface area contributed by atoms with Gasteiger partial charge in [0.25, 0.3) is 10.1 Å². The minimum absolute atomic E-state index is 0.225. The van der Waals surface area contributed by atoms with Gasteiger partial charge >= 0.3 is 0 Å². The Hall–Kier alpha value is -0.900. The molecule has 1 aromatic carbocycles. The molecule has 0 atom stereocenters. The van der Waals surface area contributed by atoms with Gasteiger partial charge in [-0.3, -0.25) is 4.55 Å². The molecule has 0 heterocycles. The molecule has 0 unspecified atom stereocenters. The van der Waals surface area contributed by atoms with Crippen LogP contribution in [-0.2, 0) is 25.9 Å². The van der Waals surface area contributed by atoms with Crippen LogP contribution in [0.2, 0.25) is 0 Å². The molecule has 0 bridgehead atoms. The molecule has 1 rings (SSSR count). The van der Waals surface area contributed by atoms with Crippen LogP contribution in [0.15, 0.2) is 34.6 Å². The first-order chi connectivity index (χ1) is 8.40. The summed E-state index contributed by atoms with van der Waals surface area (Å²) in [6.45, 7) is 5.25. The molecule has 0 aliphatic rings. The second-order valence-corrected chi connectivity index (χ2v) is 5.55. The van der Waals surface area contributed by atoms with Crippen LogP contribution >= 0.6 is 12.0 Å². The van der Waals surface area contributed by atoms with Gasteiger partial charge in [0.2, 0.25) is 0 Å². The van der Waals surface area contributed by atoms with Crippen molar-refractivity contribution in [2.24, 2.45) is 0 Å². The second-order valence-electron chi connectivity index (χ2n) is 3.42. The molecule has 100 valence electrons. The third-order valence-electron chi connectivity index (χ3n) is 2.15. The zero-order valence-electron chi connectivity index (χ0n) is 9.49. The maximum Gasteiger partial charge on any atom is 0.294 e. The zero-order valence-corrected chi connectivity index (χ0v) is 11.1. The van der Waals surface area contributed by atoms with Gasteiger partial charge < -0.3 is 0 Å². The van der Waals surface area contributed by atoms with Gasteiger partial charge in [-0.15, -0.1) is 10.9 Å². The van der Waals surface area contributed by atoms with Crippen molar-refractivity contribution >= 4 is 22.2 Å². The van der Waals surface area contributed by atoms with Gasteiger partial charge in [-0.05, 0) is 30.5 Å². The van der Waals surface area contributed by atoms with E-state index < -0.39 is 10.1 Å². The highest BCUT2D eigenvalue weighted by Gasteiger charge is 2.17. The fraction of sp³-hybridized carbons (Fsp3) is 0.200. The lowest BCUT2D eigenvalue weighted by molar-refractivity contribution is -0.432. The predicted octanol–water partition coefficient (Wildman–Crippen LogP) is 2.40. The Morgan fingerprint density at radius 1 is 1.50 bits per heavy atom. The first-order valence-corrected chi connectivity index (χ1v) is 6.95. The molecule has 1 aromatic rings. The van der Waals surface area contributed by atoms with Gasteiger partial charge in [0.1, 0.15) is 0 Å². The van der Waals surface area contributed by atoms with Gasteiger partial charge in [0.05, 0.1) is 16.9 Å². The first-order valence-electron chi connectivity index (χ1n) is 4.76. The third-order valence-corrected chi connectivity index (χ3v) is 3.84. The average molecular weight is 292 g/mol. The Balaban J connectivity index is 3.31.